The number of carbonyl (C=O) groups is 1. The lowest BCUT2D eigenvalue weighted by atomic mass is 9.84. The van der Waals surface area contributed by atoms with Crippen LogP contribution in [-0.4, -0.2) is 13.0 Å². The van der Waals surface area contributed by atoms with E-state index in [4.69, 9.17) is 5.73 Å². The monoisotopic (exact) mass is 248 g/mol. The summed E-state index contributed by atoms with van der Waals surface area (Å²) < 4.78 is 0. The molecule has 100 valence electrons. The predicted octanol–water partition coefficient (Wildman–Crippen LogP) is 2.43. The van der Waals surface area contributed by atoms with Gasteiger partial charge in [0.1, 0.15) is 0 Å². The fourth-order valence-corrected chi connectivity index (χ4v) is 1.97. The van der Waals surface area contributed by atoms with Gasteiger partial charge < -0.3 is 11.1 Å². The Morgan fingerprint density at radius 1 is 1.39 bits per heavy atom. The number of carbonyl (C=O) groups excluding carboxylic acids is 1. The van der Waals surface area contributed by atoms with Crippen LogP contribution in [0.3, 0.4) is 0 Å². The molecular weight excluding hydrogens is 224 g/mol. The van der Waals surface area contributed by atoms with Crippen molar-refractivity contribution in [2.75, 3.05) is 7.05 Å². The molecule has 1 amide bonds. The van der Waals surface area contributed by atoms with E-state index < -0.39 is 0 Å². The molecule has 0 aliphatic heterocycles. The van der Waals surface area contributed by atoms with Gasteiger partial charge in [-0.05, 0) is 29.0 Å². The van der Waals surface area contributed by atoms with Crippen LogP contribution in [0.2, 0.25) is 0 Å². The number of benzene rings is 1. The third-order valence-corrected chi connectivity index (χ3v) is 3.22. The van der Waals surface area contributed by atoms with E-state index in [1.807, 2.05) is 13.0 Å². The zero-order valence-corrected chi connectivity index (χ0v) is 12.0. The number of nitrogens with two attached hydrogens (primary N) is 1. The van der Waals surface area contributed by atoms with Crippen LogP contribution in [0, 0.1) is 6.92 Å². The third kappa shape index (κ3) is 3.57. The van der Waals surface area contributed by atoms with Crippen molar-refractivity contribution >= 4 is 5.91 Å². The molecule has 1 aromatic carbocycles. The zero-order chi connectivity index (χ0) is 13.9. The molecule has 0 aliphatic carbocycles. The molecule has 1 rings (SSSR count). The zero-order valence-electron chi connectivity index (χ0n) is 12.0. The Bertz CT molecular complexity index is 433. The van der Waals surface area contributed by atoms with Gasteiger partial charge in [0, 0.05) is 19.5 Å². The summed E-state index contributed by atoms with van der Waals surface area (Å²) in [6.07, 6.45) is 0.326. The number of hydrogen-bond donors (Lipinski definition) is 2. The molecule has 3 heteroatoms. The van der Waals surface area contributed by atoms with Gasteiger partial charge in [-0.1, -0.05) is 39.0 Å². The molecule has 0 aliphatic rings. The lowest BCUT2D eigenvalue weighted by Gasteiger charge is -2.22. The van der Waals surface area contributed by atoms with E-state index in [0.717, 1.165) is 11.1 Å². The van der Waals surface area contributed by atoms with Crippen LogP contribution >= 0.6 is 0 Å². The quantitative estimate of drug-likeness (QED) is 0.863. The smallest absolute Gasteiger partial charge is 0.221 e. The lowest BCUT2D eigenvalue weighted by Crippen LogP contribution is -2.24. The predicted molar refractivity (Wildman–Crippen MR) is 75.5 cm³/mol. The van der Waals surface area contributed by atoms with E-state index in [1.54, 1.807) is 7.05 Å². The second-order valence-corrected chi connectivity index (χ2v) is 5.81. The van der Waals surface area contributed by atoms with Gasteiger partial charge in [-0.2, -0.15) is 0 Å². The van der Waals surface area contributed by atoms with Gasteiger partial charge in [0.25, 0.3) is 0 Å². The molecule has 0 fully saturated rings. The highest BCUT2D eigenvalue weighted by Gasteiger charge is 2.17. The SMILES string of the molecule is CNC(=O)CC(N)c1ccc(C(C)(C)C)cc1C. The van der Waals surface area contributed by atoms with E-state index >= 15 is 0 Å². The molecular formula is C15H24N2O. The lowest BCUT2D eigenvalue weighted by molar-refractivity contribution is -0.120. The highest BCUT2D eigenvalue weighted by atomic mass is 16.1. The van der Waals surface area contributed by atoms with E-state index in [9.17, 15) is 4.79 Å². The molecule has 1 aromatic rings. The minimum Gasteiger partial charge on any atom is -0.359 e. The van der Waals surface area contributed by atoms with Crippen molar-refractivity contribution in [3.63, 3.8) is 0 Å². The first-order chi connectivity index (χ1) is 8.25. The van der Waals surface area contributed by atoms with Crippen molar-refractivity contribution in [3.05, 3.63) is 34.9 Å². The highest BCUT2D eigenvalue weighted by Crippen LogP contribution is 2.27. The number of hydrogen-bond acceptors (Lipinski definition) is 2. The Morgan fingerprint density at radius 2 is 2.00 bits per heavy atom. The van der Waals surface area contributed by atoms with Gasteiger partial charge in [-0.15, -0.1) is 0 Å². The van der Waals surface area contributed by atoms with E-state index in [1.165, 1.54) is 5.56 Å². The van der Waals surface area contributed by atoms with Crippen molar-refractivity contribution < 1.29 is 4.79 Å². The van der Waals surface area contributed by atoms with Crippen LogP contribution in [0.4, 0.5) is 0 Å². The average Bonchev–Trinajstić information content (AvgIpc) is 2.27. The van der Waals surface area contributed by atoms with Gasteiger partial charge in [0.15, 0.2) is 0 Å². The van der Waals surface area contributed by atoms with Crippen molar-refractivity contribution in [2.24, 2.45) is 5.73 Å². The van der Waals surface area contributed by atoms with Crippen LogP contribution in [0.5, 0.6) is 0 Å². The van der Waals surface area contributed by atoms with Gasteiger partial charge >= 0.3 is 0 Å². The summed E-state index contributed by atoms with van der Waals surface area (Å²) in [6.45, 7) is 8.61. The first-order valence-electron chi connectivity index (χ1n) is 6.33. The van der Waals surface area contributed by atoms with Gasteiger partial charge in [-0.25, -0.2) is 0 Å². The standard InChI is InChI=1S/C15H24N2O/c1-10-8-11(15(2,3)4)6-7-12(10)13(16)9-14(18)17-5/h6-8,13H,9,16H2,1-5H3,(H,17,18). The van der Waals surface area contributed by atoms with Crippen molar-refractivity contribution in [2.45, 2.75) is 45.6 Å². The maximum atomic E-state index is 11.3. The molecule has 0 bridgehead atoms. The molecule has 0 saturated carbocycles. The molecule has 18 heavy (non-hydrogen) atoms. The van der Waals surface area contributed by atoms with E-state index in [-0.39, 0.29) is 17.4 Å². The third-order valence-electron chi connectivity index (χ3n) is 3.22. The molecule has 0 spiro atoms. The Labute approximate surface area is 110 Å². The summed E-state index contributed by atoms with van der Waals surface area (Å²) in [7, 11) is 1.63. The number of aryl methyl sites for hydroxylation is 1. The maximum absolute atomic E-state index is 11.3. The first kappa shape index (κ1) is 14.7. The van der Waals surface area contributed by atoms with Crippen molar-refractivity contribution in [3.8, 4) is 0 Å². The Kier molecular flexibility index (Phi) is 4.52. The normalized spacial score (nSPS) is 13.2. The fraction of sp³-hybridized carbons (Fsp3) is 0.533. The average molecular weight is 248 g/mol. The van der Waals surface area contributed by atoms with Gasteiger partial charge in [0.05, 0.1) is 0 Å². The summed E-state index contributed by atoms with van der Waals surface area (Å²) in [5, 5.41) is 2.60. The summed E-state index contributed by atoms with van der Waals surface area (Å²) in [5.41, 5.74) is 9.69. The van der Waals surface area contributed by atoms with Crippen LogP contribution in [0.15, 0.2) is 18.2 Å². The van der Waals surface area contributed by atoms with Gasteiger partial charge in [-0.3, -0.25) is 4.79 Å². The van der Waals surface area contributed by atoms with Crippen LogP contribution < -0.4 is 11.1 Å². The van der Waals surface area contributed by atoms with Crippen LogP contribution in [0.25, 0.3) is 0 Å². The molecule has 0 saturated heterocycles. The summed E-state index contributed by atoms with van der Waals surface area (Å²) in [6, 6.07) is 6.08. The van der Waals surface area contributed by atoms with E-state index in [0.29, 0.717) is 6.42 Å². The van der Waals surface area contributed by atoms with Crippen LogP contribution in [0.1, 0.15) is 49.9 Å². The molecule has 1 unspecified atom stereocenters. The maximum Gasteiger partial charge on any atom is 0.221 e. The van der Waals surface area contributed by atoms with E-state index in [2.05, 4.69) is 38.2 Å². The molecule has 0 aromatic heterocycles. The summed E-state index contributed by atoms with van der Waals surface area (Å²) in [4.78, 5) is 11.3. The molecule has 3 N–H and O–H groups in total. The highest BCUT2D eigenvalue weighted by molar-refractivity contribution is 5.76. The Hall–Kier alpha value is -1.35. The first-order valence-corrected chi connectivity index (χ1v) is 6.33. The Balaban J connectivity index is 2.95. The van der Waals surface area contributed by atoms with Crippen molar-refractivity contribution in [1.82, 2.24) is 5.32 Å². The second kappa shape index (κ2) is 5.53. The fourth-order valence-electron chi connectivity index (χ4n) is 1.97. The summed E-state index contributed by atoms with van der Waals surface area (Å²) >= 11 is 0. The molecule has 0 heterocycles. The van der Waals surface area contributed by atoms with Crippen LogP contribution in [-0.2, 0) is 10.2 Å². The topological polar surface area (TPSA) is 55.1 Å². The minimum absolute atomic E-state index is 0.0261. The Morgan fingerprint density at radius 3 is 2.44 bits per heavy atom. The largest absolute Gasteiger partial charge is 0.359 e. The number of rotatable bonds is 3. The minimum atomic E-state index is -0.237. The molecule has 3 nitrogen and oxygen atoms in total. The summed E-state index contributed by atoms with van der Waals surface area (Å²) in [5.74, 6) is -0.0261. The number of nitrogens with one attached hydrogen (secondary N) is 1. The van der Waals surface area contributed by atoms with Crippen molar-refractivity contribution in [1.29, 1.82) is 0 Å². The second-order valence-electron chi connectivity index (χ2n) is 5.81. The molecule has 0 radical (unpaired) electrons. The molecule has 1 atom stereocenters. The van der Waals surface area contributed by atoms with Gasteiger partial charge in [0.2, 0.25) is 5.91 Å². The number of amides is 1.